The number of amides is 1. The fraction of sp³-hybridized carbons (Fsp3) is 0.927. The molecule has 362 valence electrons. The summed E-state index contributed by atoms with van der Waals surface area (Å²) in [5.74, 6) is -0.0473. The summed E-state index contributed by atoms with van der Waals surface area (Å²) in [6, 6.07) is -0.546. The first-order valence-electron chi connectivity index (χ1n) is 27.4. The maximum Gasteiger partial charge on any atom is 0.305 e. The van der Waals surface area contributed by atoms with Crippen LogP contribution in [0, 0.1) is 0 Å². The van der Waals surface area contributed by atoms with Crippen LogP contribution in [0.15, 0.2) is 12.2 Å². The molecule has 0 spiro atoms. The molecule has 0 radical (unpaired) electrons. The van der Waals surface area contributed by atoms with Crippen molar-refractivity contribution in [1.82, 2.24) is 5.32 Å². The quantitative estimate of drug-likeness (QED) is 0.0322. The van der Waals surface area contributed by atoms with Gasteiger partial charge in [0.1, 0.15) is 0 Å². The predicted octanol–water partition coefficient (Wildman–Crippen LogP) is 16.5. The van der Waals surface area contributed by atoms with E-state index in [9.17, 15) is 19.8 Å². The number of esters is 1. The number of carbonyl (C=O) groups excluding carboxylic acids is 2. The third kappa shape index (κ3) is 47.9. The van der Waals surface area contributed by atoms with Crippen LogP contribution in [0.3, 0.4) is 0 Å². The molecule has 0 aliphatic carbocycles. The van der Waals surface area contributed by atoms with Crippen LogP contribution in [0.2, 0.25) is 0 Å². The van der Waals surface area contributed by atoms with Crippen molar-refractivity contribution in [2.75, 3.05) is 13.2 Å². The molecule has 0 saturated heterocycles. The van der Waals surface area contributed by atoms with Crippen molar-refractivity contribution in [1.29, 1.82) is 0 Å². The molecule has 0 aromatic rings. The zero-order chi connectivity index (χ0) is 44.4. The van der Waals surface area contributed by atoms with Gasteiger partial charge in [-0.15, -0.1) is 0 Å². The van der Waals surface area contributed by atoms with Crippen molar-refractivity contribution in [3.05, 3.63) is 12.2 Å². The number of unbranched alkanes of at least 4 members (excludes halogenated alkanes) is 38. The van der Waals surface area contributed by atoms with Crippen LogP contribution in [0.25, 0.3) is 0 Å². The second-order valence-electron chi connectivity index (χ2n) is 18.9. The summed E-state index contributed by atoms with van der Waals surface area (Å²) in [5, 5.41) is 23.3. The van der Waals surface area contributed by atoms with E-state index in [1.54, 1.807) is 0 Å². The molecule has 0 aromatic carbocycles. The van der Waals surface area contributed by atoms with Gasteiger partial charge in [-0.1, -0.05) is 257 Å². The highest BCUT2D eigenvalue weighted by atomic mass is 16.5. The number of aliphatic hydroxyl groups is 2. The van der Waals surface area contributed by atoms with E-state index in [-0.39, 0.29) is 18.5 Å². The van der Waals surface area contributed by atoms with Gasteiger partial charge in [0.25, 0.3) is 0 Å². The van der Waals surface area contributed by atoms with Crippen LogP contribution >= 0.6 is 0 Å². The molecule has 0 fully saturated rings. The Morgan fingerprint density at radius 2 is 0.787 bits per heavy atom. The fourth-order valence-corrected chi connectivity index (χ4v) is 8.56. The lowest BCUT2D eigenvalue weighted by molar-refractivity contribution is -0.143. The number of rotatable bonds is 51. The summed E-state index contributed by atoms with van der Waals surface area (Å²) < 4.78 is 5.45. The topological polar surface area (TPSA) is 95.9 Å². The summed E-state index contributed by atoms with van der Waals surface area (Å²) >= 11 is 0. The first kappa shape index (κ1) is 59.6. The second kappa shape index (κ2) is 51.2. The molecule has 6 nitrogen and oxygen atoms in total. The van der Waals surface area contributed by atoms with Crippen molar-refractivity contribution in [2.24, 2.45) is 0 Å². The van der Waals surface area contributed by atoms with E-state index in [1.807, 2.05) is 0 Å². The average Bonchev–Trinajstić information content (AvgIpc) is 3.26. The molecule has 2 unspecified atom stereocenters. The summed E-state index contributed by atoms with van der Waals surface area (Å²) in [7, 11) is 0. The summed E-state index contributed by atoms with van der Waals surface area (Å²) in [6.45, 7) is 4.91. The fourth-order valence-electron chi connectivity index (χ4n) is 8.56. The Labute approximate surface area is 380 Å². The van der Waals surface area contributed by atoms with Gasteiger partial charge in [-0.25, -0.2) is 0 Å². The van der Waals surface area contributed by atoms with Crippen LogP contribution < -0.4 is 5.32 Å². The molecule has 0 aliphatic heterocycles. The number of hydrogen-bond donors (Lipinski definition) is 3. The van der Waals surface area contributed by atoms with Crippen molar-refractivity contribution in [3.63, 3.8) is 0 Å². The number of hydrogen-bond acceptors (Lipinski definition) is 5. The van der Waals surface area contributed by atoms with Crippen molar-refractivity contribution >= 4 is 11.9 Å². The highest BCUT2D eigenvalue weighted by molar-refractivity contribution is 5.76. The number of carbonyl (C=O) groups is 2. The number of nitrogens with one attached hydrogen (secondary N) is 1. The van der Waals surface area contributed by atoms with Crippen LogP contribution in [-0.2, 0) is 14.3 Å². The Kier molecular flexibility index (Phi) is 50.1. The van der Waals surface area contributed by atoms with Crippen molar-refractivity contribution in [3.8, 4) is 0 Å². The third-order valence-corrected chi connectivity index (χ3v) is 12.8. The molecule has 1 amide bonds. The van der Waals surface area contributed by atoms with E-state index in [0.717, 1.165) is 44.9 Å². The van der Waals surface area contributed by atoms with Crippen molar-refractivity contribution < 1.29 is 24.5 Å². The highest BCUT2D eigenvalue weighted by Gasteiger charge is 2.20. The molecule has 0 heterocycles. The van der Waals surface area contributed by atoms with E-state index >= 15 is 0 Å². The standard InChI is InChI=1S/C55H107NO5/c1-3-5-7-9-11-13-15-16-17-18-21-24-28-31-35-39-43-47-53(58)52(51-57)56-54(59)48-44-40-36-32-29-25-22-19-20-23-26-30-34-38-42-46-50-61-55(60)49-45-41-37-33-27-14-12-10-8-6-4-2/h10,12,52-53,57-58H,3-9,11,13-51H2,1-2H3,(H,56,59)/b12-10-. The Morgan fingerprint density at radius 1 is 0.443 bits per heavy atom. The van der Waals surface area contributed by atoms with E-state index in [0.29, 0.717) is 25.9 Å². The highest BCUT2D eigenvalue weighted by Crippen LogP contribution is 2.17. The molecule has 2 atom stereocenters. The minimum Gasteiger partial charge on any atom is -0.466 e. The van der Waals surface area contributed by atoms with Crippen LogP contribution in [0.5, 0.6) is 0 Å². The maximum atomic E-state index is 12.5. The Balaban J connectivity index is 3.43. The molecule has 0 saturated carbocycles. The molecule has 0 bridgehead atoms. The third-order valence-electron chi connectivity index (χ3n) is 12.8. The zero-order valence-electron chi connectivity index (χ0n) is 41.2. The molecule has 6 heteroatoms. The first-order chi connectivity index (χ1) is 30.0. The summed E-state index contributed by atoms with van der Waals surface area (Å²) in [4.78, 5) is 24.4. The smallest absolute Gasteiger partial charge is 0.305 e. The lowest BCUT2D eigenvalue weighted by Gasteiger charge is -2.22. The predicted molar refractivity (Wildman–Crippen MR) is 264 cm³/mol. The van der Waals surface area contributed by atoms with E-state index in [1.165, 1.54) is 225 Å². The Morgan fingerprint density at radius 3 is 1.21 bits per heavy atom. The number of aliphatic hydroxyl groups excluding tert-OH is 2. The largest absolute Gasteiger partial charge is 0.466 e. The van der Waals surface area contributed by atoms with E-state index in [2.05, 4.69) is 31.3 Å². The van der Waals surface area contributed by atoms with Gasteiger partial charge < -0.3 is 20.3 Å². The molecule has 0 rings (SSSR count). The van der Waals surface area contributed by atoms with Gasteiger partial charge in [0, 0.05) is 12.8 Å². The van der Waals surface area contributed by atoms with Crippen molar-refractivity contribution in [2.45, 2.75) is 315 Å². The average molecular weight is 862 g/mol. The van der Waals surface area contributed by atoms with Crippen LogP contribution in [0.1, 0.15) is 303 Å². The summed E-state index contributed by atoms with van der Waals surface area (Å²) in [5.41, 5.74) is 0. The van der Waals surface area contributed by atoms with Gasteiger partial charge in [-0.3, -0.25) is 9.59 Å². The van der Waals surface area contributed by atoms with Gasteiger partial charge in [0.05, 0.1) is 25.4 Å². The van der Waals surface area contributed by atoms with Gasteiger partial charge in [-0.2, -0.15) is 0 Å². The Hall–Kier alpha value is -1.40. The van der Waals surface area contributed by atoms with Crippen LogP contribution in [-0.4, -0.2) is 47.4 Å². The van der Waals surface area contributed by atoms with E-state index in [4.69, 9.17) is 4.74 Å². The minimum atomic E-state index is -0.668. The lowest BCUT2D eigenvalue weighted by atomic mass is 10.0. The normalized spacial score (nSPS) is 12.7. The monoisotopic (exact) mass is 862 g/mol. The molecule has 3 N–H and O–H groups in total. The Bertz CT molecular complexity index is 909. The van der Waals surface area contributed by atoms with Gasteiger partial charge in [-0.05, 0) is 44.9 Å². The van der Waals surface area contributed by atoms with Gasteiger partial charge in [0.15, 0.2) is 0 Å². The SMILES string of the molecule is CCCC/C=C\CCCCCCCC(=O)OCCCCCCCCCCCCCCCCCCC(=O)NC(CO)C(O)CCCCCCCCCCCCCCCCCCC. The van der Waals surface area contributed by atoms with Gasteiger partial charge >= 0.3 is 5.97 Å². The molecular weight excluding hydrogens is 755 g/mol. The first-order valence-corrected chi connectivity index (χ1v) is 27.4. The molecule has 0 aliphatic rings. The van der Waals surface area contributed by atoms with E-state index < -0.39 is 12.1 Å². The molecular formula is C55H107NO5. The second-order valence-corrected chi connectivity index (χ2v) is 18.9. The zero-order valence-corrected chi connectivity index (χ0v) is 41.2. The minimum absolute atomic E-state index is 0.00744. The summed E-state index contributed by atoms with van der Waals surface area (Å²) in [6.07, 6.45) is 59.0. The number of ether oxygens (including phenoxy) is 1. The maximum absolute atomic E-state index is 12.5. The lowest BCUT2D eigenvalue weighted by Crippen LogP contribution is -2.45. The van der Waals surface area contributed by atoms with Crippen LogP contribution in [0.4, 0.5) is 0 Å². The number of allylic oxidation sites excluding steroid dienone is 2. The van der Waals surface area contributed by atoms with Gasteiger partial charge in [0.2, 0.25) is 5.91 Å². The molecule has 0 aromatic heterocycles. The molecule has 61 heavy (non-hydrogen) atoms.